The molecule has 1 aromatic rings. The molecule has 5 heteroatoms. The second-order valence-electron chi connectivity index (χ2n) is 4.63. The Balaban J connectivity index is 2.61. The molecule has 1 heterocycles. The summed E-state index contributed by atoms with van der Waals surface area (Å²) >= 11 is 0. The SMILES string of the molecule is COC(=O)c1ccc(C(O)COC(C)(C)C)o1. The van der Waals surface area contributed by atoms with Gasteiger partial charge < -0.3 is 19.0 Å². The van der Waals surface area contributed by atoms with Gasteiger partial charge in [-0.3, -0.25) is 0 Å². The number of carbonyl (C=O) groups is 1. The highest BCUT2D eigenvalue weighted by molar-refractivity contribution is 5.86. The Morgan fingerprint density at radius 2 is 2.12 bits per heavy atom. The van der Waals surface area contributed by atoms with E-state index in [0.29, 0.717) is 0 Å². The largest absolute Gasteiger partial charge is 0.463 e. The molecule has 0 saturated carbocycles. The second kappa shape index (κ2) is 5.33. The molecule has 96 valence electrons. The molecule has 1 rings (SSSR count). The average Bonchev–Trinajstić information content (AvgIpc) is 2.73. The summed E-state index contributed by atoms with van der Waals surface area (Å²) in [5.41, 5.74) is -0.335. The maximum atomic E-state index is 11.1. The molecule has 1 unspecified atom stereocenters. The van der Waals surface area contributed by atoms with Crippen LogP contribution in [0.15, 0.2) is 16.5 Å². The van der Waals surface area contributed by atoms with Crippen LogP contribution in [0.3, 0.4) is 0 Å². The van der Waals surface area contributed by atoms with Crippen molar-refractivity contribution in [1.29, 1.82) is 0 Å². The van der Waals surface area contributed by atoms with Gasteiger partial charge in [0.15, 0.2) is 0 Å². The minimum absolute atomic E-state index is 0.0670. The number of hydrogen-bond acceptors (Lipinski definition) is 5. The lowest BCUT2D eigenvalue weighted by molar-refractivity contribution is -0.0549. The average molecular weight is 242 g/mol. The van der Waals surface area contributed by atoms with Crippen molar-refractivity contribution in [3.8, 4) is 0 Å². The van der Waals surface area contributed by atoms with Crippen LogP contribution in [0, 0.1) is 0 Å². The molecular formula is C12H18O5. The fourth-order valence-electron chi connectivity index (χ4n) is 1.15. The fourth-order valence-corrected chi connectivity index (χ4v) is 1.15. The summed E-state index contributed by atoms with van der Waals surface area (Å²) in [6.45, 7) is 5.78. The number of methoxy groups -OCH3 is 1. The van der Waals surface area contributed by atoms with Gasteiger partial charge in [-0.25, -0.2) is 4.79 Å². The van der Waals surface area contributed by atoms with Gasteiger partial charge >= 0.3 is 5.97 Å². The summed E-state index contributed by atoms with van der Waals surface area (Å²) < 4.78 is 15.1. The molecule has 0 bridgehead atoms. The van der Waals surface area contributed by atoms with Gasteiger partial charge in [0.2, 0.25) is 5.76 Å². The number of aliphatic hydroxyl groups is 1. The van der Waals surface area contributed by atoms with E-state index < -0.39 is 12.1 Å². The molecular weight excluding hydrogens is 224 g/mol. The van der Waals surface area contributed by atoms with Crippen LogP contribution < -0.4 is 0 Å². The molecule has 17 heavy (non-hydrogen) atoms. The van der Waals surface area contributed by atoms with E-state index in [2.05, 4.69) is 4.74 Å². The quantitative estimate of drug-likeness (QED) is 0.817. The third-order valence-corrected chi connectivity index (χ3v) is 2.02. The first-order valence-corrected chi connectivity index (χ1v) is 5.33. The lowest BCUT2D eigenvalue weighted by Gasteiger charge is -2.21. The summed E-state index contributed by atoms with van der Waals surface area (Å²) in [6, 6.07) is 2.99. The molecule has 0 aromatic carbocycles. The van der Waals surface area contributed by atoms with E-state index in [9.17, 15) is 9.90 Å². The van der Waals surface area contributed by atoms with Crippen molar-refractivity contribution >= 4 is 5.97 Å². The first-order chi connectivity index (χ1) is 7.83. The zero-order chi connectivity index (χ0) is 13.1. The zero-order valence-corrected chi connectivity index (χ0v) is 10.5. The molecule has 0 aliphatic rings. The Morgan fingerprint density at radius 1 is 1.47 bits per heavy atom. The highest BCUT2D eigenvalue weighted by Crippen LogP contribution is 2.19. The van der Waals surface area contributed by atoms with E-state index in [1.165, 1.54) is 19.2 Å². The Labute approximate surface area is 100 Å². The molecule has 1 N–H and O–H groups in total. The van der Waals surface area contributed by atoms with Gasteiger partial charge in [-0.05, 0) is 32.9 Å². The topological polar surface area (TPSA) is 68.9 Å². The third-order valence-electron chi connectivity index (χ3n) is 2.02. The maximum absolute atomic E-state index is 11.1. The van der Waals surface area contributed by atoms with E-state index in [1.54, 1.807) is 0 Å². The maximum Gasteiger partial charge on any atom is 0.373 e. The Hall–Kier alpha value is -1.33. The molecule has 0 spiro atoms. The predicted molar refractivity (Wildman–Crippen MR) is 60.7 cm³/mol. The summed E-state index contributed by atoms with van der Waals surface area (Å²) in [5, 5.41) is 9.78. The molecule has 0 radical (unpaired) electrons. The van der Waals surface area contributed by atoms with Crippen LogP contribution in [0.1, 0.15) is 43.2 Å². The molecule has 0 amide bonds. The number of aliphatic hydroxyl groups excluding tert-OH is 1. The van der Waals surface area contributed by atoms with Crippen molar-refractivity contribution in [2.24, 2.45) is 0 Å². The summed E-state index contributed by atoms with van der Waals surface area (Å²) in [7, 11) is 1.27. The predicted octanol–water partition coefficient (Wildman–Crippen LogP) is 1.91. The second-order valence-corrected chi connectivity index (χ2v) is 4.63. The van der Waals surface area contributed by atoms with Crippen LogP contribution in [0.25, 0.3) is 0 Å². The van der Waals surface area contributed by atoms with Crippen LogP contribution >= 0.6 is 0 Å². The Bertz CT molecular complexity index is 374. The van der Waals surface area contributed by atoms with Crippen molar-refractivity contribution in [3.05, 3.63) is 23.7 Å². The molecule has 1 atom stereocenters. The van der Waals surface area contributed by atoms with Crippen LogP contribution in [-0.4, -0.2) is 30.4 Å². The zero-order valence-electron chi connectivity index (χ0n) is 10.5. The number of esters is 1. The number of hydrogen-bond donors (Lipinski definition) is 1. The minimum atomic E-state index is -0.896. The van der Waals surface area contributed by atoms with Crippen LogP contribution in [0.5, 0.6) is 0 Å². The summed E-state index contributed by atoms with van der Waals surface area (Å²) in [4.78, 5) is 11.1. The van der Waals surface area contributed by atoms with Gasteiger partial charge in [-0.15, -0.1) is 0 Å². The van der Waals surface area contributed by atoms with Gasteiger partial charge in [-0.1, -0.05) is 0 Å². The molecule has 5 nitrogen and oxygen atoms in total. The smallest absolute Gasteiger partial charge is 0.373 e. The van der Waals surface area contributed by atoms with Crippen LogP contribution in [0.4, 0.5) is 0 Å². The van der Waals surface area contributed by atoms with Crippen molar-refractivity contribution in [2.45, 2.75) is 32.5 Å². The lowest BCUT2D eigenvalue weighted by atomic mass is 10.2. The minimum Gasteiger partial charge on any atom is -0.463 e. The van der Waals surface area contributed by atoms with Crippen molar-refractivity contribution in [1.82, 2.24) is 0 Å². The van der Waals surface area contributed by atoms with Gasteiger partial charge in [0, 0.05) is 0 Å². The van der Waals surface area contributed by atoms with Gasteiger partial charge in [0.25, 0.3) is 0 Å². The first-order valence-electron chi connectivity index (χ1n) is 5.33. The normalized spacial score (nSPS) is 13.5. The molecule has 0 aliphatic carbocycles. The van der Waals surface area contributed by atoms with E-state index in [-0.39, 0.29) is 23.7 Å². The number of furan rings is 1. The lowest BCUT2D eigenvalue weighted by Crippen LogP contribution is -2.22. The summed E-state index contributed by atoms with van der Waals surface area (Å²) in [6.07, 6.45) is -0.896. The molecule has 1 aromatic heterocycles. The van der Waals surface area contributed by atoms with Gasteiger partial charge in [0.1, 0.15) is 11.9 Å². The highest BCUT2D eigenvalue weighted by Gasteiger charge is 2.19. The van der Waals surface area contributed by atoms with E-state index in [0.717, 1.165) is 0 Å². The van der Waals surface area contributed by atoms with Gasteiger partial charge in [-0.2, -0.15) is 0 Å². The highest BCUT2D eigenvalue weighted by atomic mass is 16.5. The van der Waals surface area contributed by atoms with E-state index >= 15 is 0 Å². The third kappa shape index (κ3) is 4.20. The number of ether oxygens (including phenoxy) is 2. The van der Waals surface area contributed by atoms with E-state index in [4.69, 9.17) is 9.15 Å². The van der Waals surface area contributed by atoms with Crippen molar-refractivity contribution < 1.29 is 23.8 Å². The van der Waals surface area contributed by atoms with Gasteiger partial charge in [0.05, 0.1) is 19.3 Å². The number of carbonyl (C=O) groups excluding carboxylic acids is 1. The molecule has 0 aliphatic heterocycles. The standard InChI is InChI=1S/C12H18O5/c1-12(2,3)16-7-8(13)9-5-6-10(17-9)11(14)15-4/h5-6,8,13H,7H2,1-4H3. The van der Waals surface area contributed by atoms with E-state index in [1.807, 2.05) is 20.8 Å². The molecule has 0 fully saturated rings. The number of rotatable bonds is 4. The Morgan fingerprint density at radius 3 is 2.65 bits per heavy atom. The Kier molecular flexibility index (Phi) is 4.31. The monoisotopic (exact) mass is 242 g/mol. The fraction of sp³-hybridized carbons (Fsp3) is 0.583. The van der Waals surface area contributed by atoms with Crippen LogP contribution in [-0.2, 0) is 9.47 Å². The summed E-state index contributed by atoms with van der Waals surface area (Å²) in [5.74, 6) is -0.216. The molecule has 0 saturated heterocycles. The first kappa shape index (κ1) is 13.7. The van der Waals surface area contributed by atoms with Crippen molar-refractivity contribution in [3.63, 3.8) is 0 Å². The van der Waals surface area contributed by atoms with Crippen molar-refractivity contribution in [2.75, 3.05) is 13.7 Å². The van der Waals surface area contributed by atoms with Crippen LogP contribution in [0.2, 0.25) is 0 Å².